The Kier molecular flexibility index (Phi) is 6.39. The third-order valence-corrected chi connectivity index (χ3v) is 7.18. The summed E-state index contributed by atoms with van der Waals surface area (Å²) in [5.74, 6) is 0.675. The first kappa shape index (κ1) is 20.1. The topological polar surface area (TPSA) is 76.2 Å². The van der Waals surface area contributed by atoms with Crippen LogP contribution in [0.1, 0.15) is 18.9 Å². The Labute approximate surface area is 161 Å². The fraction of sp³-hybridized carbons (Fsp3) is 0.632. The lowest BCUT2D eigenvalue weighted by atomic mass is 9.93. The highest BCUT2D eigenvalue weighted by atomic mass is 32.2. The Morgan fingerprint density at radius 2 is 2.15 bits per heavy atom. The molecule has 27 heavy (non-hydrogen) atoms. The molecule has 0 unspecified atom stereocenters. The quantitative estimate of drug-likeness (QED) is 0.749. The molecule has 2 atom stereocenters. The molecule has 2 heterocycles. The Morgan fingerprint density at radius 1 is 1.33 bits per heavy atom. The average Bonchev–Trinajstić information content (AvgIpc) is 2.88. The predicted molar refractivity (Wildman–Crippen MR) is 102 cm³/mol. The first-order valence-corrected chi connectivity index (χ1v) is 11.1. The van der Waals surface area contributed by atoms with Gasteiger partial charge in [0.15, 0.2) is 6.61 Å². The number of hydrogen-bond acceptors (Lipinski definition) is 5. The van der Waals surface area contributed by atoms with Crippen LogP contribution in [0.3, 0.4) is 0 Å². The van der Waals surface area contributed by atoms with Crippen molar-refractivity contribution in [2.24, 2.45) is 5.92 Å². The van der Waals surface area contributed by atoms with Crippen molar-refractivity contribution in [1.29, 1.82) is 0 Å². The number of sulfonamides is 1. The van der Waals surface area contributed by atoms with Crippen LogP contribution >= 0.6 is 0 Å². The number of benzene rings is 1. The van der Waals surface area contributed by atoms with E-state index in [2.05, 4.69) is 0 Å². The van der Waals surface area contributed by atoms with E-state index in [1.807, 2.05) is 31.2 Å². The van der Waals surface area contributed by atoms with Crippen molar-refractivity contribution in [3.8, 4) is 5.75 Å². The monoisotopic (exact) mass is 396 g/mol. The lowest BCUT2D eigenvalue weighted by Crippen LogP contribution is -2.55. The molecule has 0 saturated carbocycles. The van der Waals surface area contributed by atoms with Crippen molar-refractivity contribution >= 4 is 15.9 Å². The molecule has 2 aliphatic heterocycles. The summed E-state index contributed by atoms with van der Waals surface area (Å²) >= 11 is 0. The molecule has 0 spiro atoms. The molecule has 0 bridgehead atoms. The van der Waals surface area contributed by atoms with Gasteiger partial charge in [-0.3, -0.25) is 4.79 Å². The van der Waals surface area contributed by atoms with Gasteiger partial charge >= 0.3 is 0 Å². The molecule has 3 rings (SSSR count). The number of hydrogen-bond donors (Lipinski definition) is 0. The second kappa shape index (κ2) is 8.58. The predicted octanol–water partition coefficient (Wildman–Crippen LogP) is 1.27. The van der Waals surface area contributed by atoms with Crippen LogP contribution in [0.4, 0.5) is 0 Å². The summed E-state index contributed by atoms with van der Waals surface area (Å²) in [6, 6.07) is 7.50. The highest BCUT2D eigenvalue weighted by Crippen LogP contribution is 2.27. The number of piperidine rings is 1. The zero-order chi connectivity index (χ0) is 19.4. The van der Waals surface area contributed by atoms with E-state index in [1.54, 1.807) is 16.1 Å². The maximum Gasteiger partial charge on any atom is 0.260 e. The van der Waals surface area contributed by atoms with Gasteiger partial charge in [0.05, 0.1) is 19.0 Å². The summed E-state index contributed by atoms with van der Waals surface area (Å²) in [5, 5.41) is 0. The van der Waals surface area contributed by atoms with E-state index in [0.717, 1.165) is 5.56 Å². The van der Waals surface area contributed by atoms with E-state index in [-0.39, 0.29) is 30.2 Å². The van der Waals surface area contributed by atoms with Gasteiger partial charge in [-0.05, 0) is 38.0 Å². The number of ether oxygens (including phenoxy) is 2. The molecular weight excluding hydrogens is 368 g/mol. The van der Waals surface area contributed by atoms with Crippen molar-refractivity contribution in [3.05, 3.63) is 29.8 Å². The van der Waals surface area contributed by atoms with Crippen molar-refractivity contribution in [2.45, 2.75) is 26.3 Å². The van der Waals surface area contributed by atoms with Gasteiger partial charge < -0.3 is 14.4 Å². The van der Waals surface area contributed by atoms with Crippen LogP contribution in [-0.2, 0) is 19.6 Å². The number of carbonyl (C=O) groups excluding carboxylic acids is 1. The van der Waals surface area contributed by atoms with Crippen LogP contribution in [0.2, 0.25) is 0 Å². The number of aryl methyl sites for hydroxylation is 1. The lowest BCUT2D eigenvalue weighted by molar-refractivity contribution is -0.136. The van der Waals surface area contributed by atoms with Crippen LogP contribution in [-0.4, -0.2) is 74.8 Å². The van der Waals surface area contributed by atoms with Crippen molar-refractivity contribution in [1.82, 2.24) is 9.21 Å². The van der Waals surface area contributed by atoms with Gasteiger partial charge in [0, 0.05) is 31.6 Å². The maximum absolute atomic E-state index is 12.6. The zero-order valence-corrected chi connectivity index (χ0v) is 16.8. The number of rotatable bonds is 5. The molecular formula is C19H28N2O5S. The maximum atomic E-state index is 12.6. The van der Waals surface area contributed by atoms with E-state index >= 15 is 0 Å². The molecule has 0 N–H and O–H groups in total. The third kappa shape index (κ3) is 4.80. The molecule has 2 saturated heterocycles. The summed E-state index contributed by atoms with van der Waals surface area (Å²) < 4.78 is 37.7. The van der Waals surface area contributed by atoms with Gasteiger partial charge in [-0.1, -0.05) is 12.1 Å². The van der Waals surface area contributed by atoms with E-state index in [4.69, 9.17) is 9.47 Å². The molecule has 1 amide bonds. The Hall–Kier alpha value is -1.64. The second-order valence-corrected chi connectivity index (χ2v) is 9.36. The highest BCUT2D eigenvalue weighted by molar-refractivity contribution is 7.89. The minimum Gasteiger partial charge on any atom is -0.484 e. The number of carbonyl (C=O) groups is 1. The average molecular weight is 397 g/mol. The molecule has 2 fully saturated rings. The number of nitrogens with zero attached hydrogens (tertiary/aromatic N) is 2. The van der Waals surface area contributed by atoms with Crippen LogP contribution in [0.15, 0.2) is 24.3 Å². The van der Waals surface area contributed by atoms with Crippen LogP contribution in [0, 0.1) is 12.8 Å². The minimum absolute atomic E-state index is 0.00880. The summed E-state index contributed by atoms with van der Waals surface area (Å²) in [5.41, 5.74) is 1.08. The summed E-state index contributed by atoms with van der Waals surface area (Å²) in [6.07, 6.45) is 0.628. The molecule has 150 valence electrons. The first-order chi connectivity index (χ1) is 12.9. The third-order valence-electron chi connectivity index (χ3n) is 5.28. The van der Waals surface area contributed by atoms with E-state index < -0.39 is 10.0 Å². The first-order valence-electron chi connectivity index (χ1n) is 9.45. The lowest BCUT2D eigenvalue weighted by Gasteiger charge is -2.41. The smallest absolute Gasteiger partial charge is 0.260 e. The number of likely N-dealkylation sites (tertiary alicyclic amines) is 1. The number of fused-ring (bicyclic) bond motifs is 1. The van der Waals surface area contributed by atoms with Gasteiger partial charge in [0.2, 0.25) is 10.0 Å². The summed E-state index contributed by atoms with van der Waals surface area (Å²) in [6.45, 7) is 5.92. The molecule has 1 aromatic rings. The van der Waals surface area contributed by atoms with E-state index in [0.29, 0.717) is 45.0 Å². The summed E-state index contributed by atoms with van der Waals surface area (Å²) in [4.78, 5) is 14.3. The Balaban J connectivity index is 1.62. The SMILES string of the molecule is CCS(=O)(=O)N1CCOC[C@H]2CN(C(=O)COc3cccc(C)c3)CC[C@H]21. The molecule has 0 radical (unpaired) electrons. The van der Waals surface area contributed by atoms with Crippen LogP contribution in [0.25, 0.3) is 0 Å². The van der Waals surface area contributed by atoms with E-state index in [1.165, 1.54) is 0 Å². The fourth-order valence-electron chi connectivity index (χ4n) is 3.80. The highest BCUT2D eigenvalue weighted by Gasteiger charge is 2.40. The minimum atomic E-state index is -3.28. The van der Waals surface area contributed by atoms with Crippen LogP contribution < -0.4 is 4.74 Å². The molecule has 8 heteroatoms. The van der Waals surface area contributed by atoms with E-state index in [9.17, 15) is 13.2 Å². The van der Waals surface area contributed by atoms with Gasteiger partial charge in [0.1, 0.15) is 5.75 Å². The van der Waals surface area contributed by atoms with Crippen molar-refractivity contribution in [3.63, 3.8) is 0 Å². The number of amides is 1. The van der Waals surface area contributed by atoms with Gasteiger partial charge in [-0.2, -0.15) is 4.31 Å². The molecule has 0 aromatic heterocycles. The molecule has 0 aliphatic carbocycles. The van der Waals surface area contributed by atoms with Crippen molar-refractivity contribution in [2.75, 3.05) is 45.2 Å². The molecule has 1 aromatic carbocycles. The molecule has 2 aliphatic rings. The zero-order valence-electron chi connectivity index (χ0n) is 16.0. The largest absolute Gasteiger partial charge is 0.484 e. The van der Waals surface area contributed by atoms with Crippen molar-refractivity contribution < 1.29 is 22.7 Å². The normalized spacial score (nSPS) is 24.1. The Bertz CT molecular complexity index is 767. The Morgan fingerprint density at radius 3 is 2.89 bits per heavy atom. The summed E-state index contributed by atoms with van der Waals surface area (Å²) in [7, 11) is -3.28. The van der Waals surface area contributed by atoms with Gasteiger partial charge in [0.25, 0.3) is 5.91 Å². The standard InChI is InChI=1S/C19H28N2O5S/c1-3-27(23,24)21-9-10-25-13-16-12-20(8-7-18(16)21)19(22)14-26-17-6-4-5-15(2)11-17/h4-6,11,16,18H,3,7-10,12-14H2,1-2H3/t16-,18-/m1/s1. The molecule has 7 nitrogen and oxygen atoms in total. The fourth-order valence-corrected chi connectivity index (χ4v) is 5.17. The van der Waals surface area contributed by atoms with Crippen LogP contribution in [0.5, 0.6) is 5.75 Å². The second-order valence-electron chi connectivity index (χ2n) is 7.15. The van der Waals surface area contributed by atoms with Gasteiger partial charge in [-0.25, -0.2) is 8.42 Å². The van der Waals surface area contributed by atoms with Gasteiger partial charge in [-0.15, -0.1) is 0 Å².